The number of rotatable bonds is 3. The molecule has 0 saturated heterocycles. The highest BCUT2D eigenvalue weighted by atomic mass is 127. The topological polar surface area (TPSA) is 75.7 Å². The molecule has 0 aromatic heterocycles. The Balaban J connectivity index is 2.14. The molecule has 1 aliphatic heterocycles. The van der Waals surface area contributed by atoms with Crippen LogP contribution < -0.4 is 5.32 Å². The molecule has 0 atom stereocenters. The Labute approximate surface area is 200 Å². The van der Waals surface area contributed by atoms with E-state index in [0.717, 1.165) is 14.3 Å². The lowest BCUT2D eigenvalue weighted by Crippen LogP contribution is -2.40. The van der Waals surface area contributed by atoms with Crippen LogP contribution in [0, 0.1) is 14.3 Å². The van der Waals surface area contributed by atoms with Crippen LogP contribution in [0.1, 0.15) is 41.5 Å². The van der Waals surface area contributed by atoms with Gasteiger partial charge in [0.15, 0.2) is 0 Å². The first-order valence-electron chi connectivity index (χ1n) is 7.14. The van der Waals surface area contributed by atoms with Gasteiger partial charge in [-0.2, -0.15) is 0 Å². The second-order valence-corrected chi connectivity index (χ2v) is 10.5. The van der Waals surface area contributed by atoms with E-state index in [4.69, 9.17) is 4.74 Å². The van der Waals surface area contributed by atoms with Crippen molar-refractivity contribution in [2.45, 2.75) is 26.4 Å². The Kier molecular flexibility index (Phi) is 7.24. The first kappa shape index (κ1) is 21.8. The SMILES string of the molecule is CC(C)(C)OC(=O)NCCN1C(=O)c2c(I)c(I)c(I)c(I)c2C1=O. The second-order valence-electron chi connectivity index (χ2n) is 6.20. The minimum Gasteiger partial charge on any atom is -0.444 e. The fourth-order valence-electron chi connectivity index (χ4n) is 2.18. The number of imide groups is 1. The molecular weight excluding hydrogens is 780 g/mol. The molecule has 1 heterocycles. The monoisotopic (exact) mass is 794 g/mol. The number of carbonyl (C=O) groups excluding carboxylic acids is 3. The van der Waals surface area contributed by atoms with Crippen molar-refractivity contribution in [1.29, 1.82) is 0 Å². The summed E-state index contributed by atoms with van der Waals surface area (Å²) >= 11 is 8.58. The first-order chi connectivity index (χ1) is 11.5. The Morgan fingerprint density at radius 1 is 0.960 bits per heavy atom. The van der Waals surface area contributed by atoms with Gasteiger partial charge in [-0.1, -0.05) is 0 Å². The third-order valence-electron chi connectivity index (χ3n) is 3.19. The fourth-order valence-corrected chi connectivity index (χ4v) is 5.83. The van der Waals surface area contributed by atoms with Crippen molar-refractivity contribution in [3.8, 4) is 0 Å². The van der Waals surface area contributed by atoms with E-state index in [2.05, 4.69) is 95.7 Å². The molecule has 0 bridgehead atoms. The molecule has 10 heteroatoms. The Morgan fingerprint density at radius 3 is 1.80 bits per heavy atom. The maximum atomic E-state index is 12.7. The average molecular weight is 794 g/mol. The molecule has 0 unspecified atom stereocenters. The summed E-state index contributed by atoms with van der Waals surface area (Å²) in [4.78, 5) is 38.3. The standard InChI is InChI=1S/C15H14I4N2O4/c1-15(2,3)25-14(24)20-4-5-21-12(22)6-7(13(21)23)9(17)11(19)10(18)8(6)16/h4-5H2,1-3H3,(H,20,24). The van der Waals surface area contributed by atoms with E-state index in [9.17, 15) is 14.4 Å². The van der Waals surface area contributed by atoms with Gasteiger partial charge in [-0.15, -0.1) is 0 Å². The summed E-state index contributed by atoms with van der Waals surface area (Å²) < 4.78 is 8.66. The molecule has 1 aromatic rings. The Hall–Kier alpha value is 0.550. The van der Waals surface area contributed by atoms with Crippen molar-refractivity contribution >= 4 is 108 Å². The van der Waals surface area contributed by atoms with Crippen LogP contribution in [0.4, 0.5) is 4.79 Å². The van der Waals surface area contributed by atoms with Gasteiger partial charge in [0.2, 0.25) is 0 Å². The van der Waals surface area contributed by atoms with Crippen LogP contribution in [0.25, 0.3) is 0 Å². The molecule has 0 radical (unpaired) electrons. The zero-order chi connectivity index (χ0) is 19.1. The van der Waals surface area contributed by atoms with E-state index in [1.807, 2.05) is 0 Å². The zero-order valence-electron chi connectivity index (χ0n) is 13.5. The molecule has 0 aliphatic carbocycles. The van der Waals surface area contributed by atoms with E-state index in [1.54, 1.807) is 20.8 Å². The quantitative estimate of drug-likeness (QED) is 0.216. The van der Waals surface area contributed by atoms with Gasteiger partial charge in [-0.3, -0.25) is 14.5 Å². The third-order valence-corrected chi connectivity index (χ3v) is 10.6. The highest BCUT2D eigenvalue weighted by Crippen LogP contribution is 2.37. The molecule has 2 rings (SSSR count). The molecule has 1 aromatic carbocycles. The molecule has 3 amide bonds. The molecular formula is C15H14I4N2O4. The van der Waals surface area contributed by atoms with Crippen molar-refractivity contribution in [3.05, 3.63) is 25.4 Å². The molecule has 0 saturated carbocycles. The van der Waals surface area contributed by atoms with Gasteiger partial charge in [0, 0.05) is 27.4 Å². The summed E-state index contributed by atoms with van der Waals surface area (Å²) in [6, 6.07) is 0. The lowest BCUT2D eigenvalue weighted by atomic mass is 10.1. The molecule has 0 spiro atoms. The lowest BCUT2D eigenvalue weighted by molar-refractivity contribution is 0.0504. The highest BCUT2D eigenvalue weighted by molar-refractivity contribution is 14.1. The number of fused-ring (bicyclic) bond motifs is 1. The number of amides is 3. The van der Waals surface area contributed by atoms with E-state index in [-0.39, 0.29) is 24.9 Å². The summed E-state index contributed by atoms with van der Waals surface area (Å²) in [7, 11) is 0. The summed E-state index contributed by atoms with van der Waals surface area (Å²) in [5, 5.41) is 2.57. The number of carbonyl (C=O) groups is 3. The molecule has 1 N–H and O–H groups in total. The summed E-state index contributed by atoms with van der Waals surface area (Å²) in [6.07, 6.45) is -0.572. The second kappa shape index (κ2) is 8.28. The van der Waals surface area contributed by atoms with Gasteiger partial charge in [0.25, 0.3) is 11.8 Å². The number of halogens is 4. The van der Waals surface area contributed by atoms with Crippen LogP contribution in [0.15, 0.2) is 0 Å². The summed E-state index contributed by atoms with van der Waals surface area (Å²) in [5.41, 5.74) is 0.313. The van der Waals surface area contributed by atoms with Crippen molar-refractivity contribution in [2.75, 3.05) is 13.1 Å². The summed E-state index contributed by atoms with van der Waals surface area (Å²) in [5.74, 6) is -0.634. The third kappa shape index (κ3) is 4.70. The van der Waals surface area contributed by atoms with E-state index < -0.39 is 11.7 Å². The molecule has 0 fully saturated rings. The highest BCUT2D eigenvalue weighted by Gasteiger charge is 2.40. The molecule has 25 heavy (non-hydrogen) atoms. The Morgan fingerprint density at radius 2 is 1.40 bits per heavy atom. The Bertz CT molecular complexity index is 727. The van der Waals surface area contributed by atoms with E-state index in [0.29, 0.717) is 11.1 Å². The van der Waals surface area contributed by atoms with Gasteiger partial charge in [0.05, 0.1) is 11.1 Å². The van der Waals surface area contributed by atoms with E-state index in [1.165, 1.54) is 4.90 Å². The van der Waals surface area contributed by atoms with Crippen LogP contribution in [0.2, 0.25) is 0 Å². The first-order valence-corrected chi connectivity index (χ1v) is 11.5. The van der Waals surface area contributed by atoms with Gasteiger partial charge < -0.3 is 10.1 Å². The van der Waals surface area contributed by atoms with Gasteiger partial charge >= 0.3 is 6.09 Å². The molecule has 1 aliphatic rings. The number of ether oxygens (including phenoxy) is 1. The number of hydrogen-bond donors (Lipinski definition) is 1. The minimum atomic E-state index is -0.598. The van der Waals surface area contributed by atoms with Crippen molar-refractivity contribution in [2.24, 2.45) is 0 Å². The number of hydrogen-bond acceptors (Lipinski definition) is 4. The maximum Gasteiger partial charge on any atom is 0.407 e. The van der Waals surface area contributed by atoms with Crippen molar-refractivity contribution < 1.29 is 19.1 Å². The van der Waals surface area contributed by atoms with Gasteiger partial charge in [-0.25, -0.2) is 4.79 Å². The number of benzene rings is 1. The van der Waals surface area contributed by atoms with Crippen LogP contribution in [0.3, 0.4) is 0 Å². The molecule has 6 nitrogen and oxygen atoms in total. The number of nitrogens with one attached hydrogen (secondary N) is 1. The smallest absolute Gasteiger partial charge is 0.407 e. The zero-order valence-corrected chi connectivity index (χ0v) is 22.1. The predicted octanol–water partition coefficient (Wildman–Crippen LogP) is 4.23. The predicted molar refractivity (Wildman–Crippen MR) is 127 cm³/mol. The van der Waals surface area contributed by atoms with Crippen molar-refractivity contribution in [1.82, 2.24) is 10.2 Å². The molecule has 136 valence electrons. The fraction of sp³-hybridized carbons (Fsp3) is 0.400. The van der Waals surface area contributed by atoms with Gasteiger partial charge in [-0.05, 0) is 111 Å². The van der Waals surface area contributed by atoms with Crippen LogP contribution >= 0.6 is 90.4 Å². The number of alkyl carbamates (subject to hydrolysis) is 1. The van der Waals surface area contributed by atoms with Crippen LogP contribution in [0.5, 0.6) is 0 Å². The van der Waals surface area contributed by atoms with Crippen LogP contribution in [-0.2, 0) is 4.74 Å². The van der Waals surface area contributed by atoms with Gasteiger partial charge in [0.1, 0.15) is 5.60 Å². The summed E-state index contributed by atoms with van der Waals surface area (Å²) in [6.45, 7) is 5.55. The minimum absolute atomic E-state index is 0.102. The van der Waals surface area contributed by atoms with Crippen molar-refractivity contribution in [3.63, 3.8) is 0 Å². The normalized spacial score (nSPS) is 14.0. The maximum absolute atomic E-state index is 12.7. The number of nitrogens with zero attached hydrogens (tertiary/aromatic N) is 1. The average Bonchev–Trinajstić information content (AvgIpc) is 2.73. The van der Waals surface area contributed by atoms with Crippen LogP contribution in [-0.4, -0.2) is 41.5 Å². The van der Waals surface area contributed by atoms with E-state index >= 15 is 0 Å². The lowest BCUT2D eigenvalue weighted by Gasteiger charge is -2.20. The largest absolute Gasteiger partial charge is 0.444 e.